The molecule has 0 saturated heterocycles. The zero-order valence-electron chi connectivity index (χ0n) is 9.79. The number of halogens is 2. The topological polar surface area (TPSA) is 30.7 Å². The molecule has 0 aliphatic carbocycles. The van der Waals surface area contributed by atoms with Gasteiger partial charge in [0.05, 0.1) is 11.9 Å². The minimum atomic E-state index is -0.325. The summed E-state index contributed by atoms with van der Waals surface area (Å²) in [6, 6.07) is 14.4. The van der Waals surface area contributed by atoms with E-state index in [-0.39, 0.29) is 5.82 Å². The zero-order valence-corrected chi connectivity index (χ0v) is 11.4. The van der Waals surface area contributed by atoms with Crippen molar-refractivity contribution < 1.29 is 4.39 Å². The lowest BCUT2D eigenvalue weighted by molar-refractivity contribution is 0.629. The Bertz CT molecular complexity index is 710. The third-order valence-corrected chi connectivity index (χ3v) is 3.18. The van der Waals surface area contributed by atoms with Crippen molar-refractivity contribution in [1.82, 2.24) is 15.0 Å². The van der Waals surface area contributed by atoms with E-state index in [1.807, 2.05) is 30.3 Å². The van der Waals surface area contributed by atoms with Gasteiger partial charge in [-0.25, -0.2) is 4.39 Å². The van der Waals surface area contributed by atoms with Crippen LogP contribution in [0.4, 0.5) is 4.39 Å². The highest BCUT2D eigenvalue weighted by Gasteiger charge is 2.10. The fourth-order valence-corrected chi connectivity index (χ4v) is 2.10. The summed E-state index contributed by atoms with van der Waals surface area (Å²) in [4.78, 5) is 1.48. The van der Waals surface area contributed by atoms with Crippen molar-refractivity contribution >= 4 is 15.9 Å². The van der Waals surface area contributed by atoms with Crippen molar-refractivity contribution in [2.45, 2.75) is 0 Å². The number of rotatable bonds is 2. The van der Waals surface area contributed by atoms with Crippen LogP contribution in [0, 0.1) is 5.82 Å². The fraction of sp³-hybridized carbons (Fsp3) is 0. The zero-order chi connectivity index (χ0) is 13.2. The Morgan fingerprint density at radius 1 is 1.05 bits per heavy atom. The van der Waals surface area contributed by atoms with E-state index in [9.17, 15) is 4.39 Å². The molecular weight excluding hydrogens is 309 g/mol. The van der Waals surface area contributed by atoms with Crippen LogP contribution in [0.1, 0.15) is 0 Å². The summed E-state index contributed by atoms with van der Waals surface area (Å²) in [5, 5.41) is 8.45. The molecule has 0 spiro atoms. The first kappa shape index (κ1) is 12.0. The molecule has 94 valence electrons. The van der Waals surface area contributed by atoms with Gasteiger partial charge in [-0.05, 0) is 30.3 Å². The smallest absolute Gasteiger partial charge is 0.133 e. The van der Waals surface area contributed by atoms with Crippen LogP contribution in [0.3, 0.4) is 0 Å². The molecule has 0 amide bonds. The first-order chi connectivity index (χ1) is 9.24. The third-order valence-electron chi connectivity index (χ3n) is 2.69. The van der Waals surface area contributed by atoms with Crippen molar-refractivity contribution in [3.63, 3.8) is 0 Å². The average Bonchev–Trinajstić information content (AvgIpc) is 2.89. The molecule has 0 fully saturated rings. The number of nitrogens with zero attached hydrogens (tertiary/aromatic N) is 3. The predicted molar refractivity (Wildman–Crippen MR) is 74.5 cm³/mol. The number of benzene rings is 2. The summed E-state index contributed by atoms with van der Waals surface area (Å²) in [6.07, 6.45) is 1.55. The molecule has 1 aromatic heterocycles. The van der Waals surface area contributed by atoms with E-state index in [1.54, 1.807) is 18.3 Å². The highest BCUT2D eigenvalue weighted by Crippen LogP contribution is 2.23. The molecule has 3 nitrogen and oxygen atoms in total. The molecular formula is C14H9BrFN3. The maximum Gasteiger partial charge on any atom is 0.133 e. The molecule has 0 atom stereocenters. The lowest BCUT2D eigenvalue weighted by Gasteiger charge is -2.00. The van der Waals surface area contributed by atoms with Crippen LogP contribution in [-0.4, -0.2) is 15.0 Å². The van der Waals surface area contributed by atoms with Gasteiger partial charge in [-0.15, -0.1) is 5.10 Å². The highest BCUT2D eigenvalue weighted by atomic mass is 79.9. The molecule has 0 aliphatic rings. The van der Waals surface area contributed by atoms with Gasteiger partial charge in [0.15, 0.2) is 0 Å². The Morgan fingerprint density at radius 3 is 2.58 bits per heavy atom. The Balaban J connectivity index is 2.02. The minimum Gasteiger partial charge on any atom is -0.206 e. The van der Waals surface area contributed by atoms with Crippen molar-refractivity contribution in [2.75, 3.05) is 0 Å². The monoisotopic (exact) mass is 317 g/mol. The molecule has 5 heteroatoms. The van der Waals surface area contributed by atoms with E-state index in [4.69, 9.17) is 0 Å². The number of aromatic nitrogens is 3. The summed E-state index contributed by atoms with van der Waals surface area (Å²) in [5.74, 6) is -0.325. The van der Waals surface area contributed by atoms with Crippen molar-refractivity contribution in [1.29, 1.82) is 0 Å². The molecule has 3 rings (SSSR count). The normalized spacial score (nSPS) is 10.6. The molecule has 0 N–H and O–H groups in total. The van der Waals surface area contributed by atoms with Gasteiger partial charge in [-0.1, -0.05) is 34.1 Å². The largest absolute Gasteiger partial charge is 0.206 e. The summed E-state index contributed by atoms with van der Waals surface area (Å²) in [7, 11) is 0. The fourth-order valence-electron chi connectivity index (χ4n) is 1.77. The first-order valence-corrected chi connectivity index (χ1v) is 6.46. The van der Waals surface area contributed by atoms with Crippen molar-refractivity contribution in [3.05, 3.63) is 65.0 Å². The van der Waals surface area contributed by atoms with Crippen LogP contribution < -0.4 is 0 Å². The van der Waals surface area contributed by atoms with Crippen LogP contribution >= 0.6 is 15.9 Å². The Labute approximate surface area is 117 Å². The number of para-hydroxylation sites is 1. The van der Waals surface area contributed by atoms with Crippen LogP contribution in [0.2, 0.25) is 0 Å². The SMILES string of the molecule is Fc1cc(Br)ccc1-c1cnn(-c2ccccc2)n1. The maximum absolute atomic E-state index is 13.8. The second-order valence-corrected chi connectivity index (χ2v) is 4.89. The van der Waals surface area contributed by atoms with Crippen LogP contribution in [0.15, 0.2) is 59.2 Å². The summed E-state index contributed by atoms with van der Waals surface area (Å²) in [6.45, 7) is 0. The second-order valence-electron chi connectivity index (χ2n) is 3.98. The van der Waals surface area contributed by atoms with Crippen LogP contribution in [-0.2, 0) is 0 Å². The van der Waals surface area contributed by atoms with Gasteiger partial charge >= 0.3 is 0 Å². The van der Waals surface area contributed by atoms with Gasteiger partial charge in [0.1, 0.15) is 11.5 Å². The van der Waals surface area contributed by atoms with E-state index in [2.05, 4.69) is 26.1 Å². The molecule has 1 heterocycles. The summed E-state index contributed by atoms with van der Waals surface area (Å²) >= 11 is 3.23. The first-order valence-electron chi connectivity index (χ1n) is 5.67. The summed E-state index contributed by atoms with van der Waals surface area (Å²) in [5.41, 5.74) is 1.78. The molecule has 0 bridgehead atoms. The van der Waals surface area contributed by atoms with E-state index in [0.29, 0.717) is 15.7 Å². The molecule has 3 aromatic rings. The van der Waals surface area contributed by atoms with E-state index >= 15 is 0 Å². The molecule has 0 aliphatic heterocycles. The van der Waals surface area contributed by atoms with E-state index < -0.39 is 0 Å². The third kappa shape index (κ3) is 2.42. The van der Waals surface area contributed by atoms with Gasteiger partial charge in [0.25, 0.3) is 0 Å². The molecule has 0 saturated carbocycles. The van der Waals surface area contributed by atoms with E-state index in [1.165, 1.54) is 10.9 Å². The summed E-state index contributed by atoms with van der Waals surface area (Å²) < 4.78 is 14.5. The lowest BCUT2D eigenvalue weighted by Crippen LogP contribution is -1.98. The molecule has 19 heavy (non-hydrogen) atoms. The second kappa shape index (κ2) is 4.93. The lowest BCUT2D eigenvalue weighted by atomic mass is 10.1. The maximum atomic E-state index is 13.8. The number of hydrogen-bond donors (Lipinski definition) is 0. The molecule has 0 unspecified atom stereocenters. The standard InChI is InChI=1S/C14H9BrFN3/c15-10-6-7-12(13(16)8-10)14-9-17-19(18-14)11-4-2-1-3-5-11/h1-9H. The number of hydrogen-bond acceptors (Lipinski definition) is 2. The Morgan fingerprint density at radius 2 is 1.84 bits per heavy atom. The Hall–Kier alpha value is -2.01. The molecule has 2 aromatic carbocycles. The quantitative estimate of drug-likeness (QED) is 0.719. The van der Waals surface area contributed by atoms with Crippen molar-refractivity contribution in [3.8, 4) is 16.9 Å². The Kier molecular flexibility index (Phi) is 3.13. The molecule has 0 radical (unpaired) electrons. The van der Waals surface area contributed by atoms with Crippen molar-refractivity contribution in [2.24, 2.45) is 0 Å². The van der Waals surface area contributed by atoms with Gasteiger partial charge in [0.2, 0.25) is 0 Å². The van der Waals surface area contributed by atoms with Gasteiger partial charge in [0, 0.05) is 10.0 Å². The predicted octanol–water partition coefficient (Wildman–Crippen LogP) is 3.84. The van der Waals surface area contributed by atoms with E-state index in [0.717, 1.165) is 5.69 Å². The van der Waals surface area contributed by atoms with Gasteiger partial charge < -0.3 is 0 Å². The van der Waals surface area contributed by atoms with Crippen LogP contribution in [0.25, 0.3) is 16.9 Å². The highest BCUT2D eigenvalue weighted by molar-refractivity contribution is 9.10. The van der Waals surface area contributed by atoms with Gasteiger partial charge in [-0.2, -0.15) is 9.90 Å². The average molecular weight is 318 g/mol. The van der Waals surface area contributed by atoms with Gasteiger partial charge in [-0.3, -0.25) is 0 Å². The minimum absolute atomic E-state index is 0.325. The van der Waals surface area contributed by atoms with Crippen LogP contribution in [0.5, 0.6) is 0 Å².